The average molecular weight is 412 g/mol. The van der Waals surface area contributed by atoms with Crippen molar-refractivity contribution in [1.82, 2.24) is 19.9 Å². The molecule has 2 aromatic heterocycles. The number of para-hydroxylation sites is 2. The number of fused-ring (bicyclic) bond motifs is 3. The molecule has 156 valence electrons. The Bertz CT molecular complexity index is 1200. The van der Waals surface area contributed by atoms with Crippen molar-refractivity contribution in [2.75, 3.05) is 0 Å². The van der Waals surface area contributed by atoms with Crippen LogP contribution in [-0.2, 0) is 4.79 Å². The Morgan fingerprint density at radius 3 is 2.29 bits per heavy atom. The van der Waals surface area contributed by atoms with Gasteiger partial charge in [-0.15, -0.1) is 10.2 Å². The summed E-state index contributed by atoms with van der Waals surface area (Å²) in [5.41, 5.74) is 2.50. The lowest BCUT2D eigenvalue weighted by Crippen LogP contribution is -2.36. The first kappa shape index (κ1) is 19.3. The van der Waals surface area contributed by atoms with Crippen LogP contribution in [0.2, 0.25) is 0 Å². The third kappa shape index (κ3) is 3.54. The second-order valence-electron chi connectivity index (χ2n) is 8.29. The molecular weight excluding hydrogens is 388 g/mol. The molecular formula is C25H24N4O2. The van der Waals surface area contributed by atoms with Gasteiger partial charge in [-0.25, -0.2) is 0 Å². The molecule has 1 atom stereocenters. The number of carbonyl (C=O) groups is 1. The van der Waals surface area contributed by atoms with Crippen molar-refractivity contribution in [2.45, 2.75) is 32.2 Å². The van der Waals surface area contributed by atoms with Crippen LogP contribution in [-0.4, -0.2) is 20.5 Å². The fourth-order valence-corrected chi connectivity index (χ4v) is 4.25. The van der Waals surface area contributed by atoms with E-state index in [9.17, 15) is 4.79 Å². The first-order chi connectivity index (χ1) is 15.1. The summed E-state index contributed by atoms with van der Waals surface area (Å²) in [5, 5.41) is 12.0. The van der Waals surface area contributed by atoms with E-state index in [0.717, 1.165) is 40.5 Å². The number of hydrogen-bond acceptors (Lipinski definition) is 4. The van der Waals surface area contributed by atoms with Crippen molar-refractivity contribution in [3.05, 3.63) is 89.9 Å². The summed E-state index contributed by atoms with van der Waals surface area (Å²) >= 11 is 0. The van der Waals surface area contributed by atoms with Crippen LogP contribution in [0, 0.1) is 5.92 Å². The molecule has 4 aromatic rings. The summed E-state index contributed by atoms with van der Waals surface area (Å²) in [6.45, 7) is 4.28. The number of rotatable bonds is 5. The van der Waals surface area contributed by atoms with E-state index < -0.39 is 5.92 Å². The molecule has 0 radical (unpaired) electrons. The van der Waals surface area contributed by atoms with Gasteiger partial charge >= 0.3 is 0 Å². The second-order valence-corrected chi connectivity index (χ2v) is 8.29. The zero-order valence-corrected chi connectivity index (χ0v) is 17.5. The van der Waals surface area contributed by atoms with Crippen LogP contribution in [0.5, 0.6) is 11.5 Å². The smallest absolute Gasteiger partial charge is 0.232 e. The fraction of sp³-hybridized carbons (Fsp3) is 0.240. The predicted octanol–water partition coefficient (Wildman–Crippen LogP) is 4.87. The maximum Gasteiger partial charge on any atom is 0.232 e. The van der Waals surface area contributed by atoms with Crippen molar-refractivity contribution in [2.24, 2.45) is 5.92 Å². The van der Waals surface area contributed by atoms with E-state index in [-0.39, 0.29) is 11.9 Å². The summed E-state index contributed by atoms with van der Waals surface area (Å²) in [4.78, 5) is 13.7. The number of amides is 1. The van der Waals surface area contributed by atoms with Gasteiger partial charge in [-0.05, 0) is 36.6 Å². The standard InChI is InChI=1S/C25H24N4O2/c1-16(2)15-19(24-28-27-22-13-7-8-14-29(22)24)26-25(30)23-17-9-3-5-11-20(17)31-21-12-6-4-10-18(21)23/h3-14,16,19,23H,15H2,1-2H3,(H,26,30)/t19-/m1/s1. The Morgan fingerprint density at radius 2 is 1.61 bits per heavy atom. The molecule has 0 bridgehead atoms. The van der Waals surface area contributed by atoms with Crippen molar-refractivity contribution in [1.29, 1.82) is 0 Å². The Hall–Kier alpha value is -3.67. The maximum absolute atomic E-state index is 13.7. The zero-order valence-electron chi connectivity index (χ0n) is 17.5. The SMILES string of the molecule is CC(C)C[C@@H](NC(=O)C1c2ccccc2Oc2ccccc21)c1nnc2ccccn12. The van der Waals surface area contributed by atoms with E-state index >= 15 is 0 Å². The summed E-state index contributed by atoms with van der Waals surface area (Å²) in [7, 11) is 0. The highest BCUT2D eigenvalue weighted by atomic mass is 16.5. The van der Waals surface area contributed by atoms with Gasteiger partial charge in [0.2, 0.25) is 5.91 Å². The van der Waals surface area contributed by atoms with Gasteiger partial charge in [0.1, 0.15) is 11.5 Å². The Labute approximate surface area is 180 Å². The quantitative estimate of drug-likeness (QED) is 0.508. The minimum Gasteiger partial charge on any atom is -0.457 e. The average Bonchev–Trinajstić information content (AvgIpc) is 3.20. The van der Waals surface area contributed by atoms with Gasteiger partial charge in [-0.1, -0.05) is 56.3 Å². The summed E-state index contributed by atoms with van der Waals surface area (Å²) in [5.74, 6) is 2.03. The number of carbonyl (C=O) groups excluding carboxylic acids is 1. The Kier molecular flexibility index (Phi) is 4.90. The van der Waals surface area contributed by atoms with Crippen molar-refractivity contribution >= 4 is 11.6 Å². The Balaban J connectivity index is 1.53. The topological polar surface area (TPSA) is 68.5 Å². The minimum atomic E-state index is -0.449. The van der Waals surface area contributed by atoms with Crippen molar-refractivity contribution in [3.63, 3.8) is 0 Å². The molecule has 0 saturated heterocycles. The van der Waals surface area contributed by atoms with Gasteiger partial charge in [-0.2, -0.15) is 0 Å². The van der Waals surface area contributed by atoms with Crippen LogP contribution in [0.3, 0.4) is 0 Å². The predicted molar refractivity (Wildman–Crippen MR) is 118 cm³/mol. The van der Waals surface area contributed by atoms with E-state index in [0.29, 0.717) is 5.92 Å². The minimum absolute atomic E-state index is 0.0680. The van der Waals surface area contributed by atoms with Gasteiger partial charge in [0.15, 0.2) is 11.5 Å². The van der Waals surface area contributed by atoms with Crippen LogP contribution < -0.4 is 10.1 Å². The van der Waals surface area contributed by atoms with Crippen LogP contribution in [0.15, 0.2) is 72.9 Å². The largest absolute Gasteiger partial charge is 0.457 e. The van der Waals surface area contributed by atoms with Gasteiger partial charge in [0.25, 0.3) is 0 Å². The zero-order chi connectivity index (χ0) is 21.4. The molecule has 1 aliphatic rings. The lowest BCUT2D eigenvalue weighted by molar-refractivity contribution is -0.122. The van der Waals surface area contributed by atoms with Crippen LogP contribution in [0.25, 0.3) is 5.65 Å². The lowest BCUT2D eigenvalue weighted by Gasteiger charge is -2.29. The number of nitrogens with zero attached hydrogens (tertiary/aromatic N) is 3. The first-order valence-corrected chi connectivity index (χ1v) is 10.6. The number of aromatic nitrogens is 3. The van der Waals surface area contributed by atoms with Crippen molar-refractivity contribution in [3.8, 4) is 11.5 Å². The monoisotopic (exact) mass is 412 g/mol. The van der Waals surface area contributed by atoms with Gasteiger partial charge in [0, 0.05) is 17.3 Å². The number of ether oxygens (including phenoxy) is 1. The highest BCUT2D eigenvalue weighted by Crippen LogP contribution is 2.44. The molecule has 1 N–H and O–H groups in total. The van der Waals surface area contributed by atoms with Gasteiger partial charge in [0.05, 0.1) is 12.0 Å². The maximum atomic E-state index is 13.7. The molecule has 0 unspecified atom stereocenters. The van der Waals surface area contributed by atoms with Crippen LogP contribution >= 0.6 is 0 Å². The number of benzene rings is 2. The summed E-state index contributed by atoms with van der Waals surface area (Å²) in [6, 6.07) is 21.0. The highest BCUT2D eigenvalue weighted by molar-refractivity contribution is 5.89. The number of nitrogens with one attached hydrogen (secondary N) is 1. The summed E-state index contributed by atoms with van der Waals surface area (Å²) in [6.07, 6.45) is 2.69. The van der Waals surface area contributed by atoms with Crippen molar-refractivity contribution < 1.29 is 9.53 Å². The Morgan fingerprint density at radius 1 is 0.968 bits per heavy atom. The van der Waals surface area contributed by atoms with E-state index in [1.165, 1.54) is 0 Å². The third-order valence-corrected chi connectivity index (χ3v) is 5.62. The second kappa shape index (κ2) is 7.87. The number of pyridine rings is 1. The first-order valence-electron chi connectivity index (χ1n) is 10.6. The molecule has 3 heterocycles. The van der Waals surface area contributed by atoms with Gasteiger partial charge < -0.3 is 10.1 Å². The molecule has 31 heavy (non-hydrogen) atoms. The summed E-state index contributed by atoms with van der Waals surface area (Å²) < 4.78 is 7.99. The molecule has 0 aliphatic carbocycles. The van der Waals surface area contributed by atoms with E-state index in [2.05, 4.69) is 29.4 Å². The molecule has 5 rings (SSSR count). The molecule has 2 aromatic carbocycles. The molecule has 1 amide bonds. The molecule has 0 spiro atoms. The fourth-order valence-electron chi connectivity index (χ4n) is 4.25. The molecule has 0 fully saturated rings. The van der Waals surface area contributed by atoms with E-state index in [1.54, 1.807) is 0 Å². The molecule has 0 saturated carbocycles. The lowest BCUT2D eigenvalue weighted by atomic mass is 9.87. The molecule has 1 aliphatic heterocycles. The van der Waals surface area contributed by atoms with Crippen LogP contribution in [0.1, 0.15) is 49.2 Å². The normalized spacial score (nSPS) is 14.0. The molecule has 6 heteroatoms. The molecule has 6 nitrogen and oxygen atoms in total. The van der Waals surface area contributed by atoms with E-state index in [4.69, 9.17) is 4.74 Å². The highest BCUT2D eigenvalue weighted by Gasteiger charge is 2.34. The third-order valence-electron chi connectivity index (χ3n) is 5.62. The number of hydrogen-bond donors (Lipinski definition) is 1. The van der Waals surface area contributed by atoms with Crippen LogP contribution in [0.4, 0.5) is 0 Å². The van der Waals surface area contributed by atoms with Gasteiger partial charge in [-0.3, -0.25) is 9.20 Å². The van der Waals surface area contributed by atoms with E-state index in [1.807, 2.05) is 77.3 Å².